The first-order valence-corrected chi connectivity index (χ1v) is 7.54. The van der Waals surface area contributed by atoms with Gasteiger partial charge in [0, 0.05) is 29.6 Å². The lowest BCUT2D eigenvalue weighted by Crippen LogP contribution is -2.01. The summed E-state index contributed by atoms with van der Waals surface area (Å²) in [5.74, 6) is -0.0426. The first kappa shape index (κ1) is 16.2. The number of carboxylic acid groups (broad SMARTS) is 1. The van der Waals surface area contributed by atoms with E-state index < -0.39 is 5.97 Å². The van der Waals surface area contributed by atoms with Gasteiger partial charge in [-0.2, -0.15) is 10.4 Å². The van der Waals surface area contributed by atoms with E-state index >= 15 is 0 Å². The highest BCUT2D eigenvalue weighted by atomic mass is 16.5. The van der Waals surface area contributed by atoms with E-state index in [0.29, 0.717) is 29.3 Å². The number of aromatic nitrogens is 3. The highest BCUT2D eigenvalue weighted by molar-refractivity contribution is 5.87. The van der Waals surface area contributed by atoms with E-state index in [1.54, 1.807) is 12.3 Å². The van der Waals surface area contributed by atoms with Crippen LogP contribution < -0.4 is 4.74 Å². The zero-order valence-corrected chi connectivity index (χ0v) is 13.4. The molecule has 1 N–H and O–H groups in total. The molecule has 2 aromatic heterocycles. The minimum absolute atomic E-state index is 0.0473. The van der Waals surface area contributed by atoms with Crippen molar-refractivity contribution in [2.75, 3.05) is 6.61 Å². The Bertz CT molecular complexity index is 972. The average Bonchev–Trinajstić information content (AvgIpc) is 3.12. The summed E-state index contributed by atoms with van der Waals surface area (Å²) in [6.07, 6.45) is 4.14. The van der Waals surface area contributed by atoms with Gasteiger partial charge in [0.05, 0.1) is 30.0 Å². The van der Waals surface area contributed by atoms with Gasteiger partial charge in [-0.05, 0) is 13.0 Å². The molecule has 7 nitrogen and oxygen atoms in total. The van der Waals surface area contributed by atoms with Crippen molar-refractivity contribution in [3.63, 3.8) is 0 Å². The summed E-state index contributed by atoms with van der Waals surface area (Å²) in [5.41, 5.74) is 1.85. The quantitative estimate of drug-likeness (QED) is 0.770. The van der Waals surface area contributed by atoms with Gasteiger partial charge in [-0.1, -0.05) is 18.2 Å². The second kappa shape index (κ2) is 6.84. The predicted octanol–water partition coefficient (Wildman–Crippen LogP) is 2.90. The lowest BCUT2D eigenvalue weighted by atomic mass is 10.0. The van der Waals surface area contributed by atoms with E-state index in [0.717, 1.165) is 5.56 Å². The van der Waals surface area contributed by atoms with Crippen molar-refractivity contribution in [3.05, 3.63) is 60.0 Å². The number of ether oxygens (including phenoxy) is 1. The Morgan fingerprint density at radius 3 is 2.80 bits per heavy atom. The topological polar surface area (TPSA) is 101 Å². The van der Waals surface area contributed by atoms with Gasteiger partial charge in [-0.25, -0.2) is 14.5 Å². The fourth-order valence-corrected chi connectivity index (χ4v) is 2.41. The third-order valence-corrected chi connectivity index (χ3v) is 3.55. The number of para-hydroxylation sites is 1. The second-order valence-electron chi connectivity index (χ2n) is 5.11. The Hall–Kier alpha value is -3.66. The third kappa shape index (κ3) is 3.19. The fourth-order valence-electron chi connectivity index (χ4n) is 2.41. The van der Waals surface area contributed by atoms with Crippen LogP contribution in [-0.4, -0.2) is 32.4 Å². The number of nitrogens with zero attached hydrogens (tertiary/aromatic N) is 4. The van der Waals surface area contributed by atoms with E-state index in [1.165, 1.54) is 17.1 Å². The van der Waals surface area contributed by atoms with Gasteiger partial charge >= 0.3 is 5.97 Å². The monoisotopic (exact) mass is 334 g/mol. The molecule has 3 aromatic rings. The van der Waals surface area contributed by atoms with Crippen molar-refractivity contribution >= 4 is 5.97 Å². The molecule has 0 unspecified atom stereocenters. The molecule has 0 spiro atoms. The number of rotatable bonds is 5. The van der Waals surface area contributed by atoms with Crippen LogP contribution in [-0.2, 0) is 0 Å². The van der Waals surface area contributed by atoms with Gasteiger partial charge < -0.3 is 9.84 Å². The predicted molar refractivity (Wildman–Crippen MR) is 89.6 cm³/mol. The minimum Gasteiger partial charge on any atom is -0.493 e. The molecule has 0 saturated carbocycles. The molecule has 0 saturated heterocycles. The molecule has 0 atom stereocenters. The Kier molecular flexibility index (Phi) is 4.44. The van der Waals surface area contributed by atoms with Crippen molar-refractivity contribution in [1.82, 2.24) is 14.8 Å². The van der Waals surface area contributed by atoms with Crippen LogP contribution in [0.3, 0.4) is 0 Å². The van der Waals surface area contributed by atoms with Crippen molar-refractivity contribution in [3.8, 4) is 28.8 Å². The van der Waals surface area contributed by atoms with Gasteiger partial charge in [0.2, 0.25) is 0 Å². The standard InChI is InChI=1S/C18H14N4O3/c1-2-25-16-6-4-3-5-14(16)15-10-20-17(7-12(15)8-19)22-11-13(9-21-22)18(23)24/h3-7,9-11H,2H2,1H3,(H,23,24). The lowest BCUT2D eigenvalue weighted by molar-refractivity contribution is 0.0697. The molecule has 0 aliphatic heterocycles. The molecule has 0 aliphatic carbocycles. The molecule has 0 bridgehead atoms. The molecular formula is C18H14N4O3. The van der Waals surface area contributed by atoms with Crippen LogP contribution in [0.4, 0.5) is 0 Å². The van der Waals surface area contributed by atoms with Crippen molar-refractivity contribution < 1.29 is 14.6 Å². The van der Waals surface area contributed by atoms with E-state index in [-0.39, 0.29) is 5.56 Å². The number of nitriles is 1. The van der Waals surface area contributed by atoms with Crippen LogP contribution in [0.1, 0.15) is 22.8 Å². The molecule has 7 heteroatoms. The first-order chi connectivity index (χ1) is 12.1. The van der Waals surface area contributed by atoms with Crippen LogP contribution >= 0.6 is 0 Å². The summed E-state index contributed by atoms with van der Waals surface area (Å²) < 4.78 is 6.94. The second-order valence-corrected chi connectivity index (χ2v) is 5.11. The molecule has 0 amide bonds. The van der Waals surface area contributed by atoms with Crippen molar-refractivity contribution in [2.45, 2.75) is 6.92 Å². The molecule has 3 rings (SSSR count). The smallest absolute Gasteiger partial charge is 0.338 e. The minimum atomic E-state index is -1.07. The molecule has 1 aromatic carbocycles. The summed E-state index contributed by atoms with van der Waals surface area (Å²) in [6.45, 7) is 2.40. The maximum Gasteiger partial charge on any atom is 0.338 e. The maximum absolute atomic E-state index is 11.0. The fraction of sp³-hybridized carbons (Fsp3) is 0.111. The Morgan fingerprint density at radius 1 is 1.32 bits per heavy atom. The van der Waals surface area contributed by atoms with E-state index in [1.807, 2.05) is 31.2 Å². The van der Waals surface area contributed by atoms with Crippen molar-refractivity contribution in [1.29, 1.82) is 5.26 Å². The van der Waals surface area contributed by atoms with Gasteiger partial charge in [0.25, 0.3) is 0 Å². The molecular weight excluding hydrogens is 320 g/mol. The van der Waals surface area contributed by atoms with E-state index in [2.05, 4.69) is 16.2 Å². The van der Waals surface area contributed by atoms with Gasteiger partial charge in [0.15, 0.2) is 5.82 Å². The third-order valence-electron chi connectivity index (χ3n) is 3.55. The van der Waals surface area contributed by atoms with Crippen LogP contribution in [0, 0.1) is 11.3 Å². The number of aromatic carboxylic acids is 1. The average molecular weight is 334 g/mol. The first-order valence-electron chi connectivity index (χ1n) is 7.54. The maximum atomic E-state index is 11.0. The van der Waals surface area contributed by atoms with E-state index in [9.17, 15) is 10.1 Å². The summed E-state index contributed by atoms with van der Waals surface area (Å²) in [6, 6.07) is 11.1. The zero-order valence-electron chi connectivity index (χ0n) is 13.4. The van der Waals surface area contributed by atoms with Gasteiger partial charge in [-0.15, -0.1) is 0 Å². The molecule has 124 valence electrons. The molecule has 2 heterocycles. The van der Waals surface area contributed by atoms with E-state index in [4.69, 9.17) is 9.84 Å². The summed E-state index contributed by atoms with van der Waals surface area (Å²) >= 11 is 0. The Labute approximate surface area is 143 Å². The van der Waals surface area contributed by atoms with Gasteiger partial charge in [0.1, 0.15) is 5.75 Å². The Balaban J connectivity index is 2.06. The SMILES string of the molecule is CCOc1ccccc1-c1cnc(-n2cc(C(=O)O)cn2)cc1C#N. The number of benzene rings is 1. The number of hydrogen-bond donors (Lipinski definition) is 1. The lowest BCUT2D eigenvalue weighted by Gasteiger charge is -2.11. The van der Waals surface area contributed by atoms with Crippen LogP contribution in [0.2, 0.25) is 0 Å². The van der Waals surface area contributed by atoms with Crippen LogP contribution in [0.5, 0.6) is 5.75 Å². The number of pyridine rings is 1. The number of carbonyl (C=O) groups is 1. The molecule has 0 radical (unpaired) electrons. The molecule has 25 heavy (non-hydrogen) atoms. The summed E-state index contributed by atoms with van der Waals surface area (Å²) in [5, 5.41) is 22.5. The van der Waals surface area contributed by atoms with Crippen molar-refractivity contribution in [2.24, 2.45) is 0 Å². The highest BCUT2D eigenvalue weighted by Crippen LogP contribution is 2.32. The normalized spacial score (nSPS) is 10.2. The molecule has 0 fully saturated rings. The summed E-state index contributed by atoms with van der Waals surface area (Å²) in [4.78, 5) is 15.3. The van der Waals surface area contributed by atoms with Gasteiger partial charge in [-0.3, -0.25) is 0 Å². The largest absolute Gasteiger partial charge is 0.493 e. The molecule has 0 aliphatic rings. The number of carboxylic acids is 1. The zero-order chi connectivity index (χ0) is 17.8. The number of hydrogen-bond acceptors (Lipinski definition) is 5. The van der Waals surface area contributed by atoms with Crippen LogP contribution in [0.15, 0.2) is 48.9 Å². The van der Waals surface area contributed by atoms with Crippen LogP contribution in [0.25, 0.3) is 16.9 Å². The highest BCUT2D eigenvalue weighted by Gasteiger charge is 2.14. The summed E-state index contributed by atoms with van der Waals surface area (Å²) in [7, 11) is 0. The Morgan fingerprint density at radius 2 is 2.12 bits per heavy atom.